The number of aliphatic hydroxyl groups is 2. The van der Waals surface area contributed by atoms with E-state index in [9.17, 15) is 29.4 Å². The largest absolute Gasteiger partial charge is 0.491 e. The van der Waals surface area contributed by atoms with E-state index in [0.29, 0.717) is 90.3 Å². The molecular weight excluding hydrogens is 1210 g/mol. The van der Waals surface area contributed by atoms with Crippen LogP contribution in [0.15, 0.2) is 170 Å². The summed E-state index contributed by atoms with van der Waals surface area (Å²) < 4.78 is 24.3. The lowest BCUT2D eigenvalue weighted by Gasteiger charge is -2.26. The molecule has 0 saturated heterocycles. The molecule has 492 valence electrons. The number of aliphatic hydroxyl groups excluding tert-OH is 2. The molecule has 10 aromatic carbocycles. The van der Waals surface area contributed by atoms with Gasteiger partial charge in [0.2, 0.25) is 0 Å². The quantitative estimate of drug-likeness (QED) is 0.0375. The highest BCUT2D eigenvalue weighted by Crippen LogP contribution is 2.44. The third kappa shape index (κ3) is 13.5. The van der Waals surface area contributed by atoms with Gasteiger partial charge >= 0.3 is 0 Å². The molecule has 0 amide bonds. The van der Waals surface area contributed by atoms with Crippen molar-refractivity contribution in [1.29, 1.82) is 0 Å². The van der Waals surface area contributed by atoms with Gasteiger partial charge in [-0.2, -0.15) is 0 Å². The van der Waals surface area contributed by atoms with Gasteiger partial charge < -0.3 is 50.4 Å². The second-order valence-corrected chi connectivity index (χ2v) is 26.4. The third-order valence-corrected chi connectivity index (χ3v) is 18.5. The van der Waals surface area contributed by atoms with Crippen LogP contribution in [0.3, 0.4) is 0 Å². The van der Waals surface area contributed by atoms with Crippen LogP contribution < -0.4 is 40.2 Å². The number of nitrogens with one attached hydrogen (secondary N) is 4. The SMILES string of the molecule is Cc1cc(C)c(Nc2ccc(Nc3c(C)cc(OCC(O)COc4ccc(C(C)(C)c5ccc(OCC(O)COc6cc(C)c(Nc7ccc(Nc8c(C)cc(C)cc8C)c8c7C(=O)c7ccccc7C8=O)c(C)c6)cc5)cc4)cc3C)c3c2C(=O)c2ccccc2C3=O)c(C)c1. The maximum atomic E-state index is 14.4. The minimum Gasteiger partial charge on any atom is -0.491 e. The molecule has 2 atom stereocenters. The number of fused-ring (bicyclic) bond motifs is 4. The Kier molecular flexibility index (Phi) is 18.5. The standard InChI is InChI=1S/C83H80N4O10/c1-45-33-47(3)75(48(4)34-45)84-67-29-31-69(73-71(67)79(90)63-17-13-15-19-65(63)81(73)92)86-77-51(7)37-61(38-52(77)8)96-43-57(88)41-94-59-25-21-55(22-26-59)83(11,12)56-23-27-60(28-24-56)95-42-58(89)44-97-62-39-53(9)78(54(10)40-62)87-70-32-30-68(85-76-49(5)35-46(2)36-50(76)6)72-74(70)82(93)66-20-16-14-18-64(66)80(72)91/h13-40,57-58,84-89H,41-44H2,1-12H3. The Balaban J connectivity index is 0.622. The van der Waals surface area contributed by atoms with Crippen LogP contribution in [0.1, 0.15) is 144 Å². The van der Waals surface area contributed by atoms with Crippen molar-refractivity contribution < 1.29 is 48.3 Å². The molecule has 0 radical (unpaired) electrons. The van der Waals surface area contributed by atoms with Gasteiger partial charge in [0.1, 0.15) is 61.6 Å². The number of anilines is 8. The van der Waals surface area contributed by atoms with Crippen LogP contribution in [-0.4, -0.2) is 72.0 Å². The zero-order valence-electron chi connectivity index (χ0n) is 56.8. The van der Waals surface area contributed by atoms with Gasteiger partial charge in [-0.1, -0.05) is 122 Å². The van der Waals surface area contributed by atoms with Gasteiger partial charge in [0.05, 0.1) is 45.0 Å². The van der Waals surface area contributed by atoms with Crippen molar-refractivity contribution in [2.24, 2.45) is 0 Å². The Morgan fingerprint density at radius 1 is 0.320 bits per heavy atom. The molecule has 10 aromatic rings. The van der Waals surface area contributed by atoms with Crippen molar-refractivity contribution in [2.75, 3.05) is 47.7 Å². The molecular formula is C83H80N4O10. The van der Waals surface area contributed by atoms with Crippen LogP contribution in [0.25, 0.3) is 0 Å². The lowest BCUT2D eigenvalue weighted by Crippen LogP contribution is -2.25. The molecule has 0 spiro atoms. The highest BCUT2D eigenvalue weighted by molar-refractivity contribution is 6.33. The van der Waals surface area contributed by atoms with E-state index in [2.05, 4.69) is 59.4 Å². The first-order chi connectivity index (χ1) is 46.4. The van der Waals surface area contributed by atoms with E-state index in [0.717, 1.165) is 89.5 Å². The third-order valence-electron chi connectivity index (χ3n) is 18.5. The first kappa shape index (κ1) is 66.2. The predicted molar refractivity (Wildman–Crippen MR) is 385 cm³/mol. The maximum absolute atomic E-state index is 14.4. The zero-order valence-corrected chi connectivity index (χ0v) is 56.8. The number of benzene rings is 10. The molecule has 14 heteroatoms. The number of hydrogen-bond donors (Lipinski definition) is 6. The predicted octanol–water partition coefficient (Wildman–Crippen LogP) is 17.3. The van der Waals surface area contributed by atoms with Crippen molar-refractivity contribution in [3.63, 3.8) is 0 Å². The molecule has 0 heterocycles. The number of hydrogen-bond acceptors (Lipinski definition) is 14. The lowest BCUT2D eigenvalue weighted by molar-refractivity contribution is 0.0626. The molecule has 0 aliphatic heterocycles. The molecule has 12 rings (SSSR count). The molecule has 0 saturated carbocycles. The van der Waals surface area contributed by atoms with E-state index in [-0.39, 0.29) is 49.6 Å². The minimum atomic E-state index is -0.938. The van der Waals surface area contributed by atoms with Crippen LogP contribution in [0.2, 0.25) is 0 Å². The lowest BCUT2D eigenvalue weighted by atomic mass is 9.78. The normalized spacial score (nSPS) is 13.0. The summed E-state index contributed by atoms with van der Waals surface area (Å²) in [5.74, 6) is 1.39. The number of carbonyl (C=O) groups is 4. The Morgan fingerprint density at radius 2 is 0.546 bits per heavy atom. The highest BCUT2D eigenvalue weighted by atomic mass is 16.5. The second-order valence-electron chi connectivity index (χ2n) is 26.4. The van der Waals surface area contributed by atoms with Crippen molar-refractivity contribution >= 4 is 68.6 Å². The summed E-state index contributed by atoms with van der Waals surface area (Å²) in [6, 6.07) is 52.8. The van der Waals surface area contributed by atoms with Gasteiger partial charge in [-0.3, -0.25) is 19.2 Å². The van der Waals surface area contributed by atoms with Crippen molar-refractivity contribution in [3.05, 3.63) is 281 Å². The fourth-order valence-electron chi connectivity index (χ4n) is 13.5. The summed E-state index contributed by atoms with van der Waals surface area (Å²) in [4.78, 5) is 57.4. The molecule has 2 aliphatic rings. The molecule has 6 N–H and O–H groups in total. The summed E-state index contributed by atoms with van der Waals surface area (Å²) >= 11 is 0. The molecule has 0 aromatic heterocycles. The van der Waals surface area contributed by atoms with Crippen molar-refractivity contribution in [3.8, 4) is 23.0 Å². The average molecular weight is 1290 g/mol. The Morgan fingerprint density at radius 3 is 0.794 bits per heavy atom. The fraction of sp³-hybridized carbons (Fsp3) is 0.229. The van der Waals surface area contributed by atoms with E-state index in [1.807, 2.05) is 166 Å². The summed E-state index contributed by atoms with van der Waals surface area (Å²) in [6.07, 6.45) is -1.88. The molecule has 97 heavy (non-hydrogen) atoms. The Bertz CT molecular complexity index is 4410. The molecule has 2 aliphatic carbocycles. The number of rotatable bonds is 22. The van der Waals surface area contributed by atoms with Crippen LogP contribution in [0.4, 0.5) is 45.5 Å². The van der Waals surface area contributed by atoms with E-state index in [4.69, 9.17) is 18.9 Å². The summed E-state index contributed by atoms with van der Waals surface area (Å²) in [6.45, 7) is 24.2. The van der Waals surface area contributed by atoms with Gasteiger partial charge in [-0.25, -0.2) is 0 Å². The van der Waals surface area contributed by atoms with Gasteiger partial charge in [0, 0.05) is 50.4 Å². The summed E-state index contributed by atoms with van der Waals surface area (Å²) in [5, 5.41) is 36.1. The monoisotopic (exact) mass is 1290 g/mol. The van der Waals surface area contributed by atoms with Gasteiger partial charge in [-0.05, 0) is 198 Å². The molecule has 0 bridgehead atoms. The zero-order chi connectivity index (χ0) is 68.7. The van der Waals surface area contributed by atoms with Crippen molar-refractivity contribution in [1.82, 2.24) is 0 Å². The van der Waals surface area contributed by atoms with Crippen LogP contribution in [0, 0.1) is 69.2 Å². The first-order valence-corrected chi connectivity index (χ1v) is 32.7. The summed E-state index contributed by atoms with van der Waals surface area (Å²) in [7, 11) is 0. The van der Waals surface area contributed by atoms with Crippen LogP contribution >= 0.6 is 0 Å². The van der Waals surface area contributed by atoms with Gasteiger partial charge in [0.15, 0.2) is 23.1 Å². The van der Waals surface area contributed by atoms with Gasteiger partial charge in [0.25, 0.3) is 0 Å². The number of carbonyl (C=O) groups excluding carboxylic acids is 4. The van der Waals surface area contributed by atoms with E-state index in [1.165, 1.54) is 0 Å². The Labute approximate surface area is 566 Å². The molecule has 2 unspecified atom stereocenters. The molecule has 0 fully saturated rings. The fourth-order valence-corrected chi connectivity index (χ4v) is 13.5. The van der Waals surface area contributed by atoms with Crippen LogP contribution in [-0.2, 0) is 5.41 Å². The van der Waals surface area contributed by atoms with E-state index >= 15 is 0 Å². The van der Waals surface area contributed by atoms with Crippen molar-refractivity contribution in [2.45, 2.75) is 101 Å². The maximum Gasteiger partial charge on any atom is 0.196 e. The van der Waals surface area contributed by atoms with Crippen LogP contribution in [0.5, 0.6) is 23.0 Å². The average Bonchev–Trinajstić information content (AvgIpc) is 0.743. The first-order valence-electron chi connectivity index (χ1n) is 32.7. The molecule has 14 nitrogen and oxygen atoms in total. The minimum absolute atomic E-state index is 0.000434. The van der Waals surface area contributed by atoms with E-state index in [1.54, 1.807) is 48.5 Å². The summed E-state index contributed by atoms with van der Waals surface area (Å²) in [5.41, 5.74) is 19.7. The van der Waals surface area contributed by atoms with Gasteiger partial charge in [-0.15, -0.1) is 0 Å². The topological polar surface area (TPSA) is 194 Å². The van der Waals surface area contributed by atoms with E-state index < -0.39 is 17.6 Å². The highest BCUT2D eigenvalue weighted by Gasteiger charge is 2.37. The Hall–Kier alpha value is -10.8. The smallest absolute Gasteiger partial charge is 0.196 e. The number of aryl methyl sites for hydroxylation is 10. The second kappa shape index (κ2) is 27.1. The number of ketones is 4. The number of ether oxygens (including phenoxy) is 4.